The summed E-state index contributed by atoms with van der Waals surface area (Å²) in [4.78, 5) is 39.0. The largest absolute Gasteiger partial charge is 0.480 e. The zero-order valence-electron chi connectivity index (χ0n) is 15.0. The number of nitrogens with one attached hydrogen (secondary N) is 2. The summed E-state index contributed by atoms with van der Waals surface area (Å²) in [6.07, 6.45) is 1.23. The Morgan fingerprint density at radius 3 is 2.16 bits per heavy atom. The molecule has 0 aromatic carbocycles. The molecule has 0 aliphatic carbocycles. The summed E-state index contributed by atoms with van der Waals surface area (Å²) >= 11 is 0. The number of aliphatic carboxylic acids is 1. The van der Waals surface area contributed by atoms with Crippen LogP contribution in [-0.2, 0) is 14.4 Å². The summed E-state index contributed by atoms with van der Waals surface area (Å²) < 4.78 is 0. The van der Waals surface area contributed by atoms with Crippen LogP contribution in [0.5, 0.6) is 0 Å². The second-order valence-corrected chi connectivity index (χ2v) is 6.31. The lowest BCUT2D eigenvalue weighted by molar-refractivity contribution is -0.141. The minimum absolute atomic E-state index is 0.0285. The molecule has 0 aromatic rings. The first-order valence-corrected chi connectivity index (χ1v) is 8.19. The van der Waals surface area contributed by atoms with E-state index in [1.807, 2.05) is 13.8 Å². The number of nitrogens with two attached hydrogens (primary N) is 3. The maximum absolute atomic E-state index is 12.2. The molecule has 25 heavy (non-hydrogen) atoms. The van der Waals surface area contributed by atoms with Crippen LogP contribution in [0.15, 0.2) is 4.99 Å². The van der Waals surface area contributed by atoms with Gasteiger partial charge in [0.2, 0.25) is 11.8 Å². The summed E-state index contributed by atoms with van der Waals surface area (Å²) in [6, 6.07) is -2.71. The van der Waals surface area contributed by atoms with Crippen molar-refractivity contribution in [2.75, 3.05) is 6.54 Å². The zero-order chi connectivity index (χ0) is 19.6. The molecule has 9 N–H and O–H groups in total. The Labute approximate surface area is 147 Å². The number of hydrogen-bond acceptors (Lipinski definition) is 5. The van der Waals surface area contributed by atoms with Crippen LogP contribution >= 0.6 is 0 Å². The average molecular weight is 358 g/mol. The normalized spacial score (nSPS) is 14.3. The summed E-state index contributed by atoms with van der Waals surface area (Å²) in [7, 11) is 0. The molecule has 0 saturated carbocycles. The van der Waals surface area contributed by atoms with Crippen molar-refractivity contribution in [2.45, 2.75) is 58.2 Å². The lowest BCUT2D eigenvalue weighted by Gasteiger charge is -2.23. The topological polar surface area (TPSA) is 186 Å². The fourth-order valence-electron chi connectivity index (χ4n) is 2.01. The first kappa shape index (κ1) is 22.6. The van der Waals surface area contributed by atoms with Gasteiger partial charge in [-0.15, -0.1) is 0 Å². The van der Waals surface area contributed by atoms with Crippen molar-refractivity contribution in [3.8, 4) is 0 Å². The van der Waals surface area contributed by atoms with Crippen molar-refractivity contribution < 1.29 is 19.5 Å². The van der Waals surface area contributed by atoms with Crippen molar-refractivity contribution in [1.82, 2.24) is 10.6 Å². The fourth-order valence-corrected chi connectivity index (χ4v) is 2.01. The number of carbonyl (C=O) groups excluding carboxylic acids is 2. The Kier molecular flexibility index (Phi) is 10.2. The second kappa shape index (κ2) is 11.2. The molecular formula is C15H30N6O4. The lowest BCUT2D eigenvalue weighted by atomic mass is 10.0. The van der Waals surface area contributed by atoms with Crippen molar-refractivity contribution in [1.29, 1.82) is 0 Å². The first-order valence-electron chi connectivity index (χ1n) is 8.19. The van der Waals surface area contributed by atoms with E-state index in [1.165, 1.54) is 6.92 Å². The molecule has 0 spiro atoms. The molecule has 10 nitrogen and oxygen atoms in total. The SMILES string of the molecule is CC(C)CC(NC(=O)C(N)CCCN=C(N)N)C(=O)NC(C)C(=O)O. The van der Waals surface area contributed by atoms with Crippen LogP contribution in [0, 0.1) is 5.92 Å². The highest BCUT2D eigenvalue weighted by atomic mass is 16.4. The van der Waals surface area contributed by atoms with Gasteiger partial charge in [0.15, 0.2) is 5.96 Å². The predicted molar refractivity (Wildman–Crippen MR) is 94.5 cm³/mol. The second-order valence-electron chi connectivity index (χ2n) is 6.31. The van der Waals surface area contributed by atoms with E-state index in [9.17, 15) is 14.4 Å². The number of nitrogens with zero attached hydrogens (tertiary/aromatic N) is 1. The molecule has 0 saturated heterocycles. The number of carbonyl (C=O) groups is 3. The van der Waals surface area contributed by atoms with Gasteiger partial charge in [-0.1, -0.05) is 13.8 Å². The lowest BCUT2D eigenvalue weighted by Crippen LogP contribution is -2.54. The molecule has 3 atom stereocenters. The van der Waals surface area contributed by atoms with Gasteiger partial charge >= 0.3 is 5.97 Å². The Bertz CT molecular complexity index is 490. The minimum atomic E-state index is -1.15. The number of amides is 2. The Balaban J connectivity index is 4.67. The summed E-state index contributed by atoms with van der Waals surface area (Å²) in [5.41, 5.74) is 16.2. The predicted octanol–water partition coefficient (Wildman–Crippen LogP) is -1.51. The van der Waals surface area contributed by atoms with Crippen LogP contribution in [0.1, 0.15) is 40.0 Å². The van der Waals surface area contributed by atoms with Gasteiger partial charge in [-0.3, -0.25) is 19.4 Å². The van der Waals surface area contributed by atoms with Crippen molar-refractivity contribution in [3.05, 3.63) is 0 Å². The molecule has 0 aromatic heterocycles. The molecule has 144 valence electrons. The van der Waals surface area contributed by atoms with Crippen LogP contribution in [0.4, 0.5) is 0 Å². The van der Waals surface area contributed by atoms with Gasteiger partial charge in [-0.25, -0.2) is 0 Å². The number of hydrogen-bond donors (Lipinski definition) is 6. The van der Waals surface area contributed by atoms with E-state index in [0.29, 0.717) is 25.8 Å². The van der Waals surface area contributed by atoms with E-state index in [4.69, 9.17) is 22.3 Å². The third kappa shape index (κ3) is 10.2. The smallest absolute Gasteiger partial charge is 0.325 e. The van der Waals surface area contributed by atoms with E-state index in [-0.39, 0.29) is 11.9 Å². The van der Waals surface area contributed by atoms with Crippen LogP contribution < -0.4 is 27.8 Å². The van der Waals surface area contributed by atoms with Gasteiger partial charge in [0, 0.05) is 6.54 Å². The van der Waals surface area contributed by atoms with Crippen LogP contribution in [0.3, 0.4) is 0 Å². The maximum atomic E-state index is 12.2. The molecule has 3 unspecified atom stereocenters. The minimum Gasteiger partial charge on any atom is -0.480 e. The molecule has 0 rings (SSSR count). The van der Waals surface area contributed by atoms with E-state index in [2.05, 4.69) is 15.6 Å². The van der Waals surface area contributed by atoms with Gasteiger partial charge in [-0.05, 0) is 32.1 Å². The van der Waals surface area contributed by atoms with Gasteiger partial charge < -0.3 is 32.9 Å². The Morgan fingerprint density at radius 2 is 1.68 bits per heavy atom. The quantitative estimate of drug-likeness (QED) is 0.147. The van der Waals surface area contributed by atoms with E-state index < -0.39 is 35.9 Å². The molecule has 0 aliphatic rings. The van der Waals surface area contributed by atoms with E-state index in [0.717, 1.165) is 0 Å². The maximum Gasteiger partial charge on any atom is 0.325 e. The van der Waals surface area contributed by atoms with Crippen LogP contribution in [0.25, 0.3) is 0 Å². The Morgan fingerprint density at radius 1 is 1.08 bits per heavy atom. The van der Waals surface area contributed by atoms with E-state index >= 15 is 0 Å². The molecule has 10 heteroatoms. The molecule has 0 radical (unpaired) electrons. The standard InChI is InChI=1S/C15H30N6O4/c1-8(2)7-11(13(23)20-9(3)14(24)25)21-12(22)10(16)5-4-6-19-15(17)18/h8-11H,4-7,16H2,1-3H3,(H,20,23)(H,21,22)(H,24,25)(H4,17,18,19). The van der Waals surface area contributed by atoms with Gasteiger partial charge in [-0.2, -0.15) is 0 Å². The number of aliphatic imine (C=N–C) groups is 1. The van der Waals surface area contributed by atoms with Gasteiger partial charge in [0.05, 0.1) is 6.04 Å². The van der Waals surface area contributed by atoms with Gasteiger partial charge in [0.25, 0.3) is 0 Å². The van der Waals surface area contributed by atoms with Crippen molar-refractivity contribution in [3.63, 3.8) is 0 Å². The molecule has 0 bridgehead atoms. The first-order chi connectivity index (χ1) is 11.5. The third-order valence-corrected chi connectivity index (χ3v) is 3.37. The third-order valence-electron chi connectivity index (χ3n) is 3.37. The van der Waals surface area contributed by atoms with Crippen molar-refractivity contribution in [2.24, 2.45) is 28.1 Å². The number of rotatable bonds is 11. The zero-order valence-corrected chi connectivity index (χ0v) is 15.0. The summed E-state index contributed by atoms with van der Waals surface area (Å²) in [6.45, 7) is 5.49. The van der Waals surface area contributed by atoms with Crippen LogP contribution in [-0.4, -0.2) is 53.5 Å². The Hall–Kier alpha value is -2.36. The van der Waals surface area contributed by atoms with Crippen LogP contribution in [0.2, 0.25) is 0 Å². The molecule has 0 heterocycles. The average Bonchev–Trinajstić information content (AvgIpc) is 2.49. The molecule has 0 aliphatic heterocycles. The summed E-state index contributed by atoms with van der Waals surface area (Å²) in [5, 5.41) is 13.8. The fraction of sp³-hybridized carbons (Fsp3) is 0.733. The highest BCUT2D eigenvalue weighted by Crippen LogP contribution is 2.06. The molecular weight excluding hydrogens is 328 g/mol. The highest BCUT2D eigenvalue weighted by Gasteiger charge is 2.26. The number of guanidine groups is 1. The molecule has 0 fully saturated rings. The number of carboxylic acids is 1. The van der Waals surface area contributed by atoms with E-state index in [1.54, 1.807) is 0 Å². The monoisotopic (exact) mass is 358 g/mol. The van der Waals surface area contributed by atoms with Crippen molar-refractivity contribution >= 4 is 23.7 Å². The summed E-state index contributed by atoms with van der Waals surface area (Å²) in [5.74, 6) is -2.09. The molecule has 2 amide bonds. The van der Waals surface area contributed by atoms with Gasteiger partial charge in [0.1, 0.15) is 12.1 Å². The highest BCUT2D eigenvalue weighted by molar-refractivity contribution is 5.91. The number of carboxylic acid groups (broad SMARTS) is 1.